The molecule has 2 atom stereocenters. The van der Waals surface area contributed by atoms with E-state index in [2.05, 4.69) is 47.4 Å². The van der Waals surface area contributed by atoms with Crippen LogP contribution in [0.1, 0.15) is 46.3 Å². The van der Waals surface area contributed by atoms with Crippen LogP contribution >= 0.6 is 0 Å². The molecular formula is C26H31N3O2Si. The van der Waals surface area contributed by atoms with E-state index in [-0.39, 0.29) is 17.2 Å². The zero-order valence-electron chi connectivity index (χ0n) is 19.3. The molecule has 0 bridgehead atoms. The van der Waals surface area contributed by atoms with Crippen LogP contribution in [0.4, 0.5) is 0 Å². The Bertz CT molecular complexity index is 1190. The molecule has 1 saturated heterocycles. The lowest BCUT2D eigenvalue weighted by molar-refractivity contribution is 0.0562. The van der Waals surface area contributed by atoms with Gasteiger partial charge in [0.1, 0.15) is 5.75 Å². The summed E-state index contributed by atoms with van der Waals surface area (Å²) in [6, 6.07) is 14.8. The summed E-state index contributed by atoms with van der Waals surface area (Å²) in [4.78, 5) is 20.3. The Morgan fingerprint density at radius 2 is 2.06 bits per heavy atom. The van der Waals surface area contributed by atoms with Gasteiger partial charge in [-0.25, -0.2) is 0 Å². The summed E-state index contributed by atoms with van der Waals surface area (Å²) >= 11 is 0. The second-order valence-electron chi connectivity index (χ2n) is 9.56. The van der Waals surface area contributed by atoms with Gasteiger partial charge in [-0.05, 0) is 87.7 Å². The van der Waals surface area contributed by atoms with E-state index in [1.807, 2.05) is 37.4 Å². The molecule has 1 N–H and O–H groups in total. The summed E-state index contributed by atoms with van der Waals surface area (Å²) < 4.78 is 6.27. The molecule has 0 radical (unpaired) electrons. The highest BCUT2D eigenvalue weighted by molar-refractivity contribution is 6.11. The monoisotopic (exact) mass is 445 g/mol. The molecule has 1 unspecified atom stereocenters. The minimum Gasteiger partial charge on any atom is -0.494 e. The number of fused-ring (bicyclic) bond motifs is 1. The van der Waals surface area contributed by atoms with Gasteiger partial charge in [0.25, 0.3) is 5.91 Å². The summed E-state index contributed by atoms with van der Waals surface area (Å²) in [7, 11) is 3.11. The van der Waals surface area contributed by atoms with Crippen molar-refractivity contribution in [1.82, 2.24) is 15.2 Å². The van der Waals surface area contributed by atoms with E-state index in [1.54, 1.807) is 0 Å². The molecule has 166 valence electrons. The predicted octanol–water partition coefficient (Wildman–Crippen LogP) is 3.05. The van der Waals surface area contributed by atoms with E-state index in [0.29, 0.717) is 11.6 Å². The van der Waals surface area contributed by atoms with Crippen LogP contribution in [0.2, 0.25) is 0 Å². The van der Waals surface area contributed by atoms with Gasteiger partial charge >= 0.3 is 0 Å². The van der Waals surface area contributed by atoms with E-state index in [9.17, 15) is 4.79 Å². The Morgan fingerprint density at radius 1 is 1.25 bits per heavy atom. The van der Waals surface area contributed by atoms with Crippen LogP contribution in [0.3, 0.4) is 0 Å². The number of pyridine rings is 1. The lowest BCUT2D eigenvalue weighted by Crippen LogP contribution is -2.53. The number of nitrogens with one attached hydrogen (secondary N) is 1. The summed E-state index contributed by atoms with van der Waals surface area (Å²) in [6.07, 6.45) is 4.89. The Hall–Kier alpha value is -2.70. The summed E-state index contributed by atoms with van der Waals surface area (Å²) in [5.74, 6) is 0.755. The van der Waals surface area contributed by atoms with Crippen molar-refractivity contribution in [1.29, 1.82) is 0 Å². The molecule has 1 aromatic heterocycles. The highest BCUT2D eigenvalue weighted by Gasteiger charge is 2.47. The highest BCUT2D eigenvalue weighted by atomic mass is 28.1. The number of benzene rings is 2. The molecule has 1 saturated carbocycles. The number of aromatic nitrogens is 1. The van der Waals surface area contributed by atoms with Crippen LogP contribution in [0, 0.1) is 13.8 Å². The number of carbonyl (C=O) groups is 1. The number of hydrogen-bond acceptors (Lipinski definition) is 4. The van der Waals surface area contributed by atoms with Crippen molar-refractivity contribution in [3.05, 3.63) is 70.9 Å². The molecule has 32 heavy (non-hydrogen) atoms. The van der Waals surface area contributed by atoms with Crippen molar-refractivity contribution in [3.8, 4) is 5.75 Å². The van der Waals surface area contributed by atoms with Crippen molar-refractivity contribution < 1.29 is 9.53 Å². The topological polar surface area (TPSA) is 54.5 Å². The van der Waals surface area contributed by atoms with Crippen LogP contribution in [-0.2, 0) is 5.54 Å². The first-order valence-corrected chi connectivity index (χ1v) is 12.7. The molecule has 1 amide bonds. The SMILES string of the molecule is Cc1cc(C2(NC(=O)c3cc(OC([SiH3])[C@@H]4CCN4C)ccc3C)CC2)c2cccnc2c1. The molecule has 1 aliphatic carbocycles. The number of carbonyl (C=O) groups excluding carboxylic acids is 1. The van der Waals surface area contributed by atoms with Gasteiger partial charge in [-0.1, -0.05) is 18.2 Å². The first-order valence-electron chi connectivity index (χ1n) is 11.5. The molecule has 6 heteroatoms. The van der Waals surface area contributed by atoms with E-state index in [4.69, 9.17) is 4.74 Å². The second kappa shape index (κ2) is 8.01. The largest absolute Gasteiger partial charge is 0.494 e. The van der Waals surface area contributed by atoms with Crippen molar-refractivity contribution >= 4 is 27.1 Å². The van der Waals surface area contributed by atoms with Gasteiger partial charge in [0.2, 0.25) is 0 Å². The third kappa shape index (κ3) is 3.82. The number of hydrogen-bond donors (Lipinski definition) is 1. The van der Waals surface area contributed by atoms with E-state index < -0.39 is 0 Å². The Balaban J connectivity index is 1.40. The van der Waals surface area contributed by atoms with Gasteiger partial charge in [-0.15, -0.1) is 0 Å². The third-order valence-electron chi connectivity index (χ3n) is 7.14. The Labute approximate surface area is 192 Å². The van der Waals surface area contributed by atoms with Gasteiger partial charge in [0.05, 0.1) is 27.0 Å². The van der Waals surface area contributed by atoms with Crippen molar-refractivity contribution in [2.24, 2.45) is 0 Å². The fraction of sp³-hybridized carbons (Fsp3) is 0.385. The van der Waals surface area contributed by atoms with Crippen LogP contribution in [0.5, 0.6) is 5.75 Å². The maximum absolute atomic E-state index is 13.4. The molecule has 0 spiro atoms. The second-order valence-corrected chi connectivity index (χ2v) is 10.7. The van der Waals surface area contributed by atoms with E-state index in [1.165, 1.54) is 12.0 Å². The molecule has 5 rings (SSSR count). The van der Waals surface area contributed by atoms with Gasteiger partial charge in [0.15, 0.2) is 0 Å². The normalized spacial score (nSPS) is 20.5. The molecule has 2 heterocycles. The number of likely N-dealkylation sites (tertiary alicyclic amines) is 1. The lowest BCUT2D eigenvalue weighted by atomic mass is 9.96. The minimum atomic E-state index is -0.317. The maximum atomic E-state index is 13.4. The number of likely N-dealkylation sites (N-methyl/N-ethyl adjacent to an activating group) is 1. The van der Waals surface area contributed by atoms with Crippen LogP contribution in [-0.4, -0.2) is 51.4 Å². The van der Waals surface area contributed by atoms with Crippen LogP contribution in [0.25, 0.3) is 10.9 Å². The molecule has 5 nitrogen and oxygen atoms in total. The lowest BCUT2D eigenvalue weighted by Gasteiger charge is -2.41. The molecule has 2 fully saturated rings. The fourth-order valence-electron chi connectivity index (χ4n) is 4.93. The zero-order chi connectivity index (χ0) is 22.5. The van der Waals surface area contributed by atoms with Crippen LogP contribution < -0.4 is 10.1 Å². The Morgan fingerprint density at radius 3 is 2.75 bits per heavy atom. The molecule has 2 aromatic carbocycles. The average Bonchev–Trinajstić information content (AvgIpc) is 3.53. The van der Waals surface area contributed by atoms with Crippen molar-refractivity contribution in [3.63, 3.8) is 0 Å². The zero-order valence-corrected chi connectivity index (χ0v) is 21.3. The molecular weight excluding hydrogens is 414 g/mol. The average molecular weight is 446 g/mol. The van der Waals surface area contributed by atoms with Crippen LogP contribution in [0.15, 0.2) is 48.7 Å². The quantitative estimate of drug-likeness (QED) is 0.593. The highest BCUT2D eigenvalue weighted by Crippen LogP contribution is 2.48. The first-order chi connectivity index (χ1) is 15.4. The van der Waals surface area contributed by atoms with E-state index in [0.717, 1.165) is 57.4 Å². The molecule has 1 aliphatic heterocycles. The maximum Gasteiger partial charge on any atom is 0.252 e. The number of amides is 1. The number of ether oxygens (including phenoxy) is 1. The van der Waals surface area contributed by atoms with Gasteiger partial charge in [0, 0.05) is 23.2 Å². The minimum absolute atomic E-state index is 0.0327. The van der Waals surface area contributed by atoms with Gasteiger partial charge in [-0.3, -0.25) is 9.78 Å². The standard InChI is InChI=1S/C26H31N3O2Si/c1-16-13-21(19-5-4-11-27-22(19)14-16)26(9-10-26)28-24(30)20-15-18(7-6-17(20)2)31-25(32)23-8-12-29(23)3/h4-7,11,13-15,23,25H,8-10,12H2,1-3,32H3,(H,28,30)/t23-,25?/m0/s1. The number of aryl methyl sites for hydroxylation is 2. The van der Waals surface area contributed by atoms with E-state index >= 15 is 0 Å². The number of rotatable bonds is 6. The first kappa shape index (κ1) is 21.2. The van der Waals surface area contributed by atoms with Gasteiger partial charge < -0.3 is 15.0 Å². The molecule has 2 aliphatic rings. The predicted molar refractivity (Wildman–Crippen MR) is 131 cm³/mol. The summed E-state index contributed by atoms with van der Waals surface area (Å²) in [6.45, 7) is 5.21. The molecule has 3 aromatic rings. The summed E-state index contributed by atoms with van der Waals surface area (Å²) in [5, 5.41) is 4.49. The van der Waals surface area contributed by atoms with Crippen molar-refractivity contribution in [2.45, 2.75) is 50.4 Å². The number of nitrogens with zero attached hydrogens (tertiary/aromatic N) is 2. The summed E-state index contributed by atoms with van der Waals surface area (Å²) in [5.41, 5.74) is 4.89. The third-order valence-corrected chi connectivity index (χ3v) is 8.15. The Kier molecular flexibility index (Phi) is 5.30. The van der Waals surface area contributed by atoms with Gasteiger partial charge in [-0.2, -0.15) is 0 Å². The smallest absolute Gasteiger partial charge is 0.252 e. The fourth-order valence-corrected chi connectivity index (χ4v) is 6.05. The van der Waals surface area contributed by atoms with Crippen molar-refractivity contribution in [2.75, 3.05) is 13.6 Å².